The molecule has 0 rings (SSSR count). The minimum absolute atomic E-state index is 0.0309. The first-order chi connectivity index (χ1) is 11.2. The van der Waals surface area contributed by atoms with Gasteiger partial charge in [0.1, 0.15) is 12.1 Å². The van der Waals surface area contributed by atoms with Crippen LogP contribution < -0.4 is 10.6 Å². The fourth-order valence-corrected chi connectivity index (χ4v) is 2.98. The number of amides is 2. The summed E-state index contributed by atoms with van der Waals surface area (Å²) < 4.78 is 5.98. The SMILES string of the molecule is CC(=O)N[C@@H](C(=O)N[C@@H](CCO[Si](C)(C)C(C)(C)C)C(=O)O)C(C)C. The number of carbonyl (C=O) groups excluding carboxylic acids is 2. The van der Waals surface area contributed by atoms with E-state index >= 15 is 0 Å². The van der Waals surface area contributed by atoms with Gasteiger partial charge in [-0.25, -0.2) is 4.79 Å². The average Bonchev–Trinajstić information content (AvgIpc) is 2.41. The van der Waals surface area contributed by atoms with Gasteiger partial charge in [0.25, 0.3) is 0 Å². The number of carboxylic acids is 1. The Balaban J connectivity index is 4.83. The van der Waals surface area contributed by atoms with Crippen molar-refractivity contribution in [3.8, 4) is 0 Å². The smallest absolute Gasteiger partial charge is 0.326 e. The highest BCUT2D eigenvalue weighted by Crippen LogP contribution is 2.36. The van der Waals surface area contributed by atoms with Crippen LogP contribution >= 0.6 is 0 Å². The fraction of sp³-hybridized carbons (Fsp3) is 0.824. The van der Waals surface area contributed by atoms with Crippen LogP contribution in [0.5, 0.6) is 0 Å². The summed E-state index contributed by atoms with van der Waals surface area (Å²) in [6.45, 7) is 15.7. The molecule has 0 saturated heterocycles. The van der Waals surface area contributed by atoms with E-state index in [4.69, 9.17) is 4.43 Å². The van der Waals surface area contributed by atoms with Gasteiger partial charge < -0.3 is 20.2 Å². The van der Waals surface area contributed by atoms with E-state index in [0.717, 1.165) is 0 Å². The summed E-state index contributed by atoms with van der Waals surface area (Å²) in [6.07, 6.45) is 0.179. The minimum atomic E-state index is -1.97. The molecule has 25 heavy (non-hydrogen) atoms. The summed E-state index contributed by atoms with van der Waals surface area (Å²) in [5, 5.41) is 14.5. The molecule has 0 unspecified atom stereocenters. The molecule has 0 radical (unpaired) electrons. The van der Waals surface area contributed by atoms with E-state index in [1.807, 2.05) is 0 Å². The van der Waals surface area contributed by atoms with E-state index < -0.39 is 32.3 Å². The van der Waals surface area contributed by atoms with Crippen LogP contribution in [0.3, 0.4) is 0 Å². The van der Waals surface area contributed by atoms with Crippen LogP contribution in [0, 0.1) is 5.92 Å². The quantitative estimate of drug-likeness (QED) is 0.536. The molecule has 2 amide bonds. The molecule has 0 spiro atoms. The van der Waals surface area contributed by atoms with Gasteiger partial charge >= 0.3 is 5.97 Å². The zero-order valence-electron chi connectivity index (χ0n) is 16.7. The maximum atomic E-state index is 12.3. The Morgan fingerprint density at radius 2 is 1.64 bits per heavy atom. The van der Waals surface area contributed by atoms with Crippen LogP contribution in [-0.4, -0.2) is 49.9 Å². The second kappa shape index (κ2) is 9.33. The van der Waals surface area contributed by atoms with Crippen LogP contribution in [0.25, 0.3) is 0 Å². The molecule has 3 N–H and O–H groups in total. The molecule has 0 aliphatic carbocycles. The lowest BCUT2D eigenvalue weighted by Gasteiger charge is -2.36. The van der Waals surface area contributed by atoms with Crippen LogP contribution in [0.4, 0.5) is 0 Å². The van der Waals surface area contributed by atoms with E-state index in [1.54, 1.807) is 13.8 Å². The first-order valence-electron chi connectivity index (χ1n) is 8.63. The largest absolute Gasteiger partial charge is 0.480 e. The highest BCUT2D eigenvalue weighted by molar-refractivity contribution is 6.74. The number of rotatable bonds is 9. The summed E-state index contributed by atoms with van der Waals surface area (Å²) in [5.41, 5.74) is 0. The molecular weight excluding hydrogens is 340 g/mol. The Kier molecular flexibility index (Phi) is 8.80. The van der Waals surface area contributed by atoms with Crippen LogP contribution in [-0.2, 0) is 18.8 Å². The number of carbonyl (C=O) groups is 3. The number of nitrogens with one attached hydrogen (secondary N) is 2. The van der Waals surface area contributed by atoms with E-state index in [1.165, 1.54) is 6.92 Å². The van der Waals surface area contributed by atoms with Gasteiger partial charge in [0.2, 0.25) is 11.8 Å². The van der Waals surface area contributed by atoms with Gasteiger partial charge in [-0.15, -0.1) is 0 Å². The number of hydrogen-bond acceptors (Lipinski definition) is 4. The zero-order valence-corrected chi connectivity index (χ0v) is 17.7. The Bertz CT molecular complexity index is 486. The van der Waals surface area contributed by atoms with Crippen LogP contribution in [0.15, 0.2) is 0 Å². The number of carboxylic acid groups (broad SMARTS) is 1. The third kappa shape index (κ3) is 8.00. The van der Waals surface area contributed by atoms with Gasteiger partial charge in [-0.05, 0) is 24.1 Å². The van der Waals surface area contributed by atoms with Gasteiger partial charge in [-0.2, -0.15) is 0 Å². The van der Waals surface area contributed by atoms with Crippen molar-refractivity contribution >= 4 is 26.1 Å². The molecule has 146 valence electrons. The van der Waals surface area contributed by atoms with Crippen LogP contribution in [0.1, 0.15) is 48.0 Å². The van der Waals surface area contributed by atoms with Gasteiger partial charge in [-0.1, -0.05) is 34.6 Å². The predicted octanol–water partition coefficient (Wildman–Crippen LogP) is 2.13. The Morgan fingerprint density at radius 1 is 1.12 bits per heavy atom. The fourth-order valence-electron chi connectivity index (χ4n) is 1.92. The first kappa shape index (κ1) is 23.6. The molecule has 0 fully saturated rings. The maximum absolute atomic E-state index is 12.3. The van der Waals surface area contributed by atoms with Crippen molar-refractivity contribution in [2.24, 2.45) is 5.92 Å². The molecule has 2 atom stereocenters. The van der Waals surface area contributed by atoms with Crippen molar-refractivity contribution in [2.45, 2.75) is 78.2 Å². The number of aliphatic carboxylic acids is 1. The molecule has 0 saturated carbocycles. The Morgan fingerprint density at radius 3 is 2.00 bits per heavy atom. The summed E-state index contributed by atoms with van der Waals surface area (Å²) in [7, 11) is -1.97. The van der Waals surface area contributed by atoms with Crippen molar-refractivity contribution in [3.05, 3.63) is 0 Å². The minimum Gasteiger partial charge on any atom is -0.480 e. The molecule has 0 aliphatic rings. The van der Waals surface area contributed by atoms with Crippen molar-refractivity contribution in [1.29, 1.82) is 0 Å². The maximum Gasteiger partial charge on any atom is 0.326 e. The first-order valence-corrected chi connectivity index (χ1v) is 11.5. The van der Waals surface area contributed by atoms with Gasteiger partial charge in [-0.3, -0.25) is 9.59 Å². The molecule has 0 aliphatic heterocycles. The van der Waals surface area contributed by atoms with Crippen molar-refractivity contribution in [2.75, 3.05) is 6.61 Å². The summed E-state index contributed by atoms with van der Waals surface area (Å²) in [5.74, 6) is -2.09. The van der Waals surface area contributed by atoms with Gasteiger partial charge in [0.05, 0.1) is 0 Å². The van der Waals surface area contributed by atoms with E-state index in [9.17, 15) is 19.5 Å². The topological polar surface area (TPSA) is 105 Å². The molecule has 0 heterocycles. The third-order valence-electron chi connectivity index (χ3n) is 4.60. The van der Waals surface area contributed by atoms with Gasteiger partial charge in [0, 0.05) is 20.0 Å². The third-order valence-corrected chi connectivity index (χ3v) is 9.14. The van der Waals surface area contributed by atoms with Crippen molar-refractivity contribution in [3.63, 3.8) is 0 Å². The van der Waals surface area contributed by atoms with E-state index in [0.29, 0.717) is 0 Å². The molecular formula is C17H34N2O5Si. The van der Waals surface area contributed by atoms with Crippen molar-refractivity contribution in [1.82, 2.24) is 10.6 Å². The van der Waals surface area contributed by atoms with Crippen LogP contribution in [0.2, 0.25) is 18.1 Å². The second-order valence-electron chi connectivity index (χ2n) is 8.22. The highest BCUT2D eigenvalue weighted by Gasteiger charge is 2.37. The Hall–Kier alpha value is -1.41. The van der Waals surface area contributed by atoms with Gasteiger partial charge in [0.15, 0.2) is 8.32 Å². The summed E-state index contributed by atoms with van der Waals surface area (Å²) in [6, 6.07) is -1.81. The lowest BCUT2D eigenvalue weighted by atomic mass is 10.0. The molecule has 0 aromatic heterocycles. The Labute approximate surface area is 152 Å². The summed E-state index contributed by atoms with van der Waals surface area (Å²) in [4.78, 5) is 35.0. The zero-order chi connectivity index (χ0) is 20.0. The van der Waals surface area contributed by atoms with E-state index in [2.05, 4.69) is 44.5 Å². The normalized spacial score (nSPS) is 14.8. The predicted molar refractivity (Wildman–Crippen MR) is 99.8 cm³/mol. The molecule has 7 nitrogen and oxygen atoms in total. The lowest BCUT2D eigenvalue weighted by Crippen LogP contribution is -2.53. The standard InChI is InChI=1S/C17H34N2O5Si/c1-11(2)14(18-12(3)20)15(21)19-13(16(22)23)9-10-24-25(7,8)17(4,5)6/h11,13-14H,9-10H2,1-8H3,(H,18,20)(H,19,21)(H,22,23)/t13-,14+/m0/s1. The van der Waals surface area contributed by atoms with Crippen molar-refractivity contribution < 1.29 is 23.9 Å². The van der Waals surface area contributed by atoms with E-state index in [-0.39, 0.29) is 29.9 Å². The monoisotopic (exact) mass is 374 g/mol. The second-order valence-corrected chi connectivity index (χ2v) is 13.0. The molecule has 0 aromatic rings. The summed E-state index contributed by atoms with van der Waals surface area (Å²) >= 11 is 0. The molecule has 0 bridgehead atoms. The number of hydrogen-bond donors (Lipinski definition) is 3. The lowest BCUT2D eigenvalue weighted by molar-refractivity contribution is -0.142. The average molecular weight is 375 g/mol. The molecule has 0 aromatic carbocycles. The molecule has 8 heteroatoms. The highest BCUT2D eigenvalue weighted by atomic mass is 28.4.